The number of amides is 1. The second-order valence-electron chi connectivity index (χ2n) is 7.66. The molecule has 1 aromatic rings. The van der Waals surface area contributed by atoms with E-state index in [4.69, 9.17) is 22.1 Å². The van der Waals surface area contributed by atoms with Crippen molar-refractivity contribution in [2.75, 3.05) is 12.8 Å². The Balaban J connectivity index is 1.75. The fraction of sp³-hybridized carbons (Fsp3) is 0.600. The van der Waals surface area contributed by atoms with Crippen LogP contribution in [0.4, 0.5) is 5.69 Å². The highest BCUT2D eigenvalue weighted by molar-refractivity contribution is 6.33. The lowest BCUT2D eigenvalue weighted by Gasteiger charge is -2.51. The average molecular weight is 410 g/mol. The van der Waals surface area contributed by atoms with E-state index in [2.05, 4.69) is 10.2 Å². The molecule has 3 atom stereocenters. The molecule has 2 aliphatic heterocycles. The Morgan fingerprint density at radius 3 is 2.54 bits per heavy atom. The van der Waals surface area contributed by atoms with Gasteiger partial charge in [0.2, 0.25) is 0 Å². The maximum absolute atomic E-state index is 12.9. The number of hydrogen-bond donors (Lipinski definition) is 3. The molecule has 2 bridgehead atoms. The number of halogens is 1. The number of aliphatic carboxylic acids is 1. The van der Waals surface area contributed by atoms with E-state index >= 15 is 0 Å². The highest BCUT2D eigenvalue weighted by Crippen LogP contribution is 2.37. The zero-order valence-electron chi connectivity index (χ0n) is 16.3. The average Bonchev–Trinajstić information content (AvgIpc) is 2.64. The highest BCUT2D eigenvalue weighted by Gasteiger charge is 2.43. The van der Waals surface area contributed by atoms with Crippen molar-refractivity contribution in [3.05, 3.63) is 22.7 Å². The summed E-state index contributed by atoms with van der Waals surface area (Å²) in [5.74, 6) is -0.627. The number of nitrogen functional groups attached to an aromatic ring is 1. The number of piperidine rings is 2. The summed E-state index contributed by atoms with van der Waals surface area (Å²) in [5, 5.41) is 13.0. The lowest BCUT2D eigenvalue weighted by molar-refractivity contribution is -0.148. The molecule has 4 N–H and O–H groups in total. The van der Waals surface area contributed by atoms with Crippen molar-refractivity contribution < 1.29 is 19.4 Å². The number of carboxylic acids is 1. The van der Waals surface area contributed by atoms with Crippen molar-refractivity contribution in [1.82, 2.24) is 10.2 Å². The van der Waals surface area contributed by atoms with Crippen LogP contribution in [0.25, 0.3) is 0 Å². The van der Waals surface area contributed by atoms with Crippen LogP contribution in [0, 0.1) is 0 Å². The van der Waals surface area contributed by atoms with Crippen LogP contribution < -0.4 is 15.8 Å². The van der Waals surface area contributed by atoms with E-state index in [0.29, 0.717) is 28.4 Å². The molecule has 0 saturated carbocycles. The zero-order valence-corrected chi connectivity index (χ0v) is 17.0. The normalized spacial score (nSPS) is 25.8. The molecule has 2 heterocycles. The van der Waals surface area contributed by atoms with Crippen LogP contribution in [0.15, 0.2) is 12.1 Å². The van der Waals surface area contributed by atoms with Crippen molar-refractivity contribution in [2.45, 2.75) is 69.6 Å². The number of anilines is 1. The number of carbonyl (C=O) groups is 2. The molecule has 2 aliphatic rings. The molecule has 2 saturated heterocycles. The number of hydrogen-bond acceptors (Lipinski definition) is 5. The molecule has 8 heteroatoms. The molecule has 1 aromatic carbocycles. The lowest BCUT2D eigenvalue weighted by atomic mass is 9.80. The summed E-state index contributed by atoms with van der Waals surface area (Å²) in [4.78, 5) is 26.7. The van der Waals surface area contributed by atoms with Crippen LogP contribution in [0.3, 0.4) is 0 Å². The minimum atomic E-state index is -0.761. The van der Waals surface area contributed by atoms with Crippen molar-refractivity contribution in [3.63, 3.8) is 0 Å². The number of fused-ring (bicyclic) bond motifs is 2. The third-order valence-electron chi connectivity index (χ3n) is 5.96. The van der Waals surface area contributed by atoms with Gasteiger partial charge in [0, 0.05) is 24.2 Å². The number of carboxylic acid groups (broad SMARTS) is 1. The van der Waals surface area contributed by atoms with E-state index < -0.39 is 12.0 Å². The second kappa shape index (κ2) is 8.57. The quantitative estimate of drug-likeness (QED) is 0.624. The first-order chi connectivity index (χ1) is 13.3. The highest BCUT2D eigenvalue weighted by atomic mass is 35.5. The predicted octanol–water partition coefficient (Wildman–Crippen LogP) is 2.91. The molecule has 28 heavy (non-hydrogen) atoms. The van der Waals surface area contributed by atoms with Gasteiger partial charge in [-0.2, -0.15) is 0 Å². The summed E-state index contributed by atoms with van der Waals surface area (Å²) < 4.78 is 5.28. The van der Waals surface area contributed by atoms with Crippen molar-refractivity contribution in [1.29, 1.82) is 0 Å². The van der Waals surface area contributed by atoms with Crippen molar-refractivity contribution >= 4 is 29.2 Å². The van der Waals surface area contributed by atoms with E-state index in [1.54, 1.807) is 6.07 Å². The van der Waals surface area contributed by atoms with Gasteiger partial charge in [0.1, 0.15) is 11.8 Å². The lowest BCUT2D eigenvalue weighted by Crippen LogP contribution is -2.61. The topological polar surface area (TPSA) is 105 Å². The Bertz CT molecular complexity index is 743. The monoisotopic (exact) mass is 409 g/mol. The van der Waals surface area contributed by atoms with E-state index in [1.165, 1.54) is 13.2 Å². The molecule has 1 amide bonds. The van der Waals surface area contributed by atoms with Gasteiger partial charge in [0.25, 0.3) is 5.91 Å². The zero-order chi connectivity index (χ0) is 20.4. The number of nitrogens with one attached hydrogen (secondary N) is 1. The number of carbonyl (C=O) groups excluding carboxylic acids is 1. The van der Waals surface area contributed by atoms with E-state index in [0.717, 1.165) is 32.1 Å². The summed E-state index contributed by atoms with van der Waals surface area (Å²) in [6.45, 7) is 1.92. The van der Waals surface area contributed by atoms with Gasteiger partial charge < -0.3 is 20.9 Å². The van der Waals surface area contributed by atoms with Gasteiger partial charge in [-0.1, -0.05) is 24.9 Å². The van der Waals surface area contributed by atoms with Gasteiger partial charge in [-0.3, -0.25) is 14.5 Å². The van der Waals surface area contributed by atoms with Crippen LogP contribution in [0.1, 0.15) is 55.8 Å². The Hall–Kier alpha value is -1.99. The maximum atomic E-state index is 12.9. The van der Waals surface area contributed by atoms with Gasteiger partial charge >= 0.3 is 5.97 Å². The molecule has 0 radical (unpaired) electrons. The smallest absolute Gasteiger partial charge is 0.320 e. The summed E-state index contributed by atoms with van der Waals surface area (Å²) in [6.07, 6.45) is 5.10. The molecule has 2 fully saturated rings. The van der Waals surface area contributed by atoms with Crippen LogP contribution in [-0.4, -0.2) is 53.2 Å². The number of nitrogens with two attached hydrogens (primary N) is 1. The summed E-state index contributed by atoms with van der Waals surface area (Å²) in [6, 6.07) is 2.96. The van der Waals surface area contributed by atoms with Gasteiger partial charge in [-0.25, -0.2) is 0 Å². The van der Waals surface area contributed by atoms with Crippen LogP contribution >= 0.6 is 11.6 Å². The molecule has 0 spiro atoms. The molecular formula is C20H28ClN3O4. The molecular weight excluding hydrogens is 382 g/mol. The number of rotatable bonds is 6. The number of methoxy groups -OCH3 is 1. The van der Waals surface area contributed by atoms with Crippen LogP contribution in [-0.2, 0) is 4.79 Å². The predicted molar refractivity (Wildman–Crippen MR) is 108 cm³/mol. The Morgan fingerprint density at radius 2 is 2.00 bits per heavy atom. The SMILES string of the molecule is CCC(C(=O)O)N1C2CCCC1CC(NC(=O)c1cc(Cl)c(N)cc1OC)C2. The Morgan fingerprint density at radius 1 is 1.36 bits per heavy atom. The summed E-state index contributed by atoms with van der Waals surface area (Å²) in [7, 11) is 1.49. The van der Waals surface area contributed by atoms with E-state index in [9.17, 15) is 14.7 Å². The van der Waals surface area contributed by atoms with Gasteiger partial charge in [-0.05, 0) is 38.2 Å². The third-order valence-corrected chi connectivity index (χ3v) is 6.29. The fourth-order valence-corrected chi connectivity index (χ4v) is 4.90. The number of ether oxygens (including phenoxy) is 1. The maximum Gasteiger partial charge on any atom is 0.320 e. The van der Waals surface area contributed by atoms with Gasteiger partial charge in [-0.15, -0.1) is 0 Å². The second-order valence-corrected chi connectivity index (χ2v) is 8.07. The standard InChI is InChI=1S/C20H28ClN3O4/c1-3-17(20(26)27)24-12-5-4-6-13(24)8-11(7-12)23-19(25)14-9-15(21)16(22)10-18(14)28-2/h9-13,17H,3-8,22H2,1-2H3,(H,23,25)(H,26,27). The van der Waals surface area contributed by atoms with Gasteiger partial charge in [0.05, 0.1) is 23.4 Å². The molecule has 3 unspecified atom stereocenters. The fourth-order valence-electron chi connectivity index (χ4n) is 4.74. The van der Waals surface area contributed by atoms with Crippen LogP contribution in [0.2, 0.25) is 5.02 Å². The Labute approximate surface area is 170 Å². The van der Waals surface area contributed by atoms with E-state index in [1.807, 2.05) is 6.92 Å². The summed E-state index contributed by atoms with van der Waals surface area (Å²) in [5.41, 5.74) is 6.51. The first kappa shape index (κ1) is 20.7. The van der Waals surface area contributed by atoms with Crippen molar-refractivity contribution in [3.8, 4) is 5.75 Å². The Kier molecular flexibility index (Phi) is 6.35. The molecule has 0 aliphatic carbocycles. The third kappa shape index (κ3) is 4.05. The first-order valence-corrected chi connectivity index (χ1v) is 10.2. The largest absolute Gasteiger partial charge is 0.496 e. The number of benzene rings is 1. The first-order valence-electron chi connectivity index (χ1n) is 9.79. The van der Waals surface area contributed by atoms with Crippen molar-refractivity contribution in [2.24, 2.45) is 0 Å². The van der Waals surface area contributed by atoms with Gasteiger partial charge in [0.15, 0.2) is 0 Å². The van der Waals surface area contributed by atoms with E-state index in [-0.39, 0.29) is 24.0 Å². The molecule has 0 aromatic heterocycles. The number of nitrogens with zero attached hydrogens (tertiary/aromatic N) is 1. The molecule has 7 nitrogen and oxygen atoms in total. The minimum absolute atomic E-state index is 0.00798. The van der Waals surface area contributed by atoms with Crippen LogP contribution in [0.5, 0.6) is 5.75 Å². The summed E-state index contributed by atoms with van der Waals surface area (Å²) >= 11 is 6.08. The minimum Gasteiger partial charge on any atom is -0.496 e. The molecule has 3 rings (SSSR count). The molecule has 154 valence electrons.